The van der Waals surface area contributed by atoms with Crippen LogP contribution in [0.5, 0.6) is 0 Å². The van der Waals surface area contributed by atoms with Gasteiger partial charge in [0.1, 0.15) is 0 Å². The lowest BCUT2D eigenvalue weighted by Gasteiger charge is -2.19. The largest absolute Gasteiger partial charge is 0.577 e. The van der Waals surface area contributed by atoms with Gasteiger partial charge in [-0.25, -0.2) is 19.6 Å². The quantitative estimate of drug-likeness (QED) is 0.289. The van der Waals surface area contributed by atoms with Crippen LogP contribution >= 0.6 is 0 Å². The zero-order valence-corrected chi connectivity index (χ0v) is 12.8. The maximum atomic E-state index is 11.0. The lowest BCUT2D eigenvalue weighted by molar-refractivity contribution is -0.641. The molecule has 0 bridgehead atoms. The fourth-order valence-electron chi connectivity index (χ4n) is 0.527. The molecule has 22 heavy (non-hydrogen) atoms. The van der Waals surface area contributed by atoms with Crippen molar-refractivity contribution < 1.29 is 64.0 Å². The van der Waals surface area contributed by atoms with Crippen LogP contribution in [0.3, 0.4) is 0 Å². The fourth-order valence-corrected chi connectivity index (χ4v) is 0.527. The molecule has 0 aliphatic heterocycles. The molecular weight excluding hydrogens is 316 g/mol. The normalized spacial score (nSPS) is 12.3. The maximum absolute atomic E-state index is 11.0. The molecular formula is C9H18O13. The summed E-state index contributed by atoms with van der Waals surface area (Å²) in [6.07, 6.45) is -1.47. The minimum atomic E-state index is -1.47. The van der Waals surface area contributed by atoms with Crippen molar-refractivity contribution in [2.45, 2.75) is 39.3 Å². The van der Waals surface area contributed by atoms with Gasteiger partial charge in [0.2, 0.25) is 11.6 Å². The lowest BCUT2D eigenvalue weighted by Crippen LogP contribution is -2.30. The van der Waals surface area contributed by atoms with Crippen LogP contribution in [0.25, 0.3) is 0 Å². The van der Waals surface area contributed by atoms with Crippen molar-refractivity contribution in [2.75, 3.05) is 14.2 Å². The zero-order chi connectivity index (χ0) is 17.1. The topological polar surface area (TPSA) is 128 Å². The van der Waals surface area contributed by atoms with Crippen LogP contribution in [0.4, 0.5) is 4.79 Å². The van der Waals surface area contributed by atoms with E-state index in [9.17, 15) is 4.79 Å². The first-order chi connectivity index (χ1) is 10.2. The molecule has 0 aromatic rings. The van der Waals surface area contributed by atoms with Gasteiger partial charge in [0.15, 0.2) is 0 Å². The Morgan fingerprint density at radius 3 is 1.27 bits per heavy atom. The molecule has 0 amide bonds. The Bertz CT molecular complexity index is 276. The lowest BCUT2D eigenvalue weighted by atomic mass is 10.4. The van der Waals surface area contributed by atoms with Gasteiger partial charge in [0.25, 0.3) is 0 Å². The Labute approximate surface area is 125 Å². The first-order valence-corrected chi connectivity index (χ1v) is 5.58. The van der Waals surface area contributed by atoms with Crippen molar-refractivity contribution in [2.24, 2.45) is 0 Å². The van der Waals surface area contributed by atoms with Gasteiger partial charge in [0, 0.05) is 0 Å². The highest BCUT2D eigenvalue weighted by molar-refractivity contribution is 5.57. The highest BCUT2D eigenvalue weighted by Gasteiger charge is 2.27. The first kappa shape index (κ1) is 20.9. The van der Waals surface area contributed by atoms with Gasteiger partial charge in [0.05, 0.1) is 14.2 Å². The van der Waals surface area contributed by atoms with Crippen LogP contribution in [0.15, 0.2) is 0 Å². The predicted molar refractivity (Wildman–Crippen MR) is 58.4 cm³/mol. The molecule has 0 saturated heterocycles. The minimum Gasteiger partial charge on any atom is -0.226 e. The van der Waals surface area contributed by atoms with E-state index in [4.69, 9.17) is 0 Å². The van der Waals surface area contributed by atoms with Crippen molar-refractivity contribution in [1.29, 1.82) is 0 Å². The van der Waals surface area contributed by atoms with Crippen molar-refractivity contribution in [3.63, 3.8) is 0 Å². The summed E-state index contributed by atoms with van der Waals surface area (Å²) in [6, 6.07) is 0. The summed E-state index contributed by atoms with van der Waals surface area (Å²) < 4.78 is 0. The van der Waals surface area contributed by atoms with E-state index in [1.54, 1.807) is 0 Å². The van der Waals surface area contributed by atoms with Crippen molar-refractivity contribution in [1.82, 2.24) is 0 Å². The third-order valence-electron chi connectivity index (χ3n) is 1.28. The van der Waals surface area contributed by atoms with E-state index in [0.29, 0.717) is 0 Å². The second-order valence-electron chi connectivity index (χ2n) is 4.16. The molecule has 0 rings (SSSR count). The van der Waals surface area contributed by atoms with Gasteiger partial charge in [-0.2, -0.15) is 24.3 Å². The number of hydrogen-bond donors (Lipinski definition) is 0. The Hall–Kier alpha value is -1.13. The summed E-state index contributed by atoms with van der Waals surface area (Å²) in [5.41, 5.74) is 0. The summed E-state index contributed by atoms with van der Waals surface area (Å²) in [5.74, 6) is -2.91. The van der Waals surface area contributed by atoms with Gasteiger partial charge in [-0.1, -0.05) is 10.1 Å². The summed E-state index contributed by atoms with van der Waals surface area (Å²) >= 11 is 0. The molecule has 0 aromatic heterocycles. The third-order valence-corrected chi connectivity index (χ3v) is 1.28. The molecule has 0 saturated carbocycles. The molecule has 0 heterocycles. The van der Waals surface area contributed by atoms with Crippen molar-refractivity contribution in [3.8, 4) is 0 Å². The zero-order valence-electron chi connectivity index (χ0n) is 12.8. The van der Waals surface area contributed by atoms with Crippen LogP contribution in [0.1, 0.15) is 27.7 Å². The van der Waals surface area contributed by atoms with Gasteiger partial charge in [-0.15, -0.1) is 0 Å². The monoisotopic (exact) mass is 334 g/mol. The molecule has 0 spiro atoms. The Morgan fingerprint density at radius 2 is 0.955 bits per heavy atom. The average molecular weight is 334 g/mol. The second kappa shape index (κ2) is 10.6. The molecule has 0 radical (unpaired) electrons. The smallest absolute Gasteiger partial charge is 0.226 e. The first-order valence-electron chi connectivity index (χ1n) is 5.58. The summed E-state index contributed by atoms with van der Waals surface area (Å²) in [7, 11) is 2.40. The van der Waals surface area contributed by atoms with E-state index in [0.717, 1.165) is 0 Å². The Morgan fingerprint density at radius 1 is 0.636 bits per heavy atom. The second-order valence-corrected chi connectivity index (χ2v) is 4.16. The van der Waals surface area contributed by atoms with Gasteiger partial charge in [-0.3, -0.25) is 0 Å². The number of hydrogen-bond acceptors (Lipinski definition) is 13. The Kier molecular flexibility index (Phi) is 10.0. The molecule has 0 aliphatic rings. The average Bonchev–Trinajstić information content (AvgIpc) is 2.42. The molecule has 0 unspecified atom stereocenters. The van der Waals surface area contributed by atoms with E-state index >= 15 is 0 Å². The van der Waals surface area contributed by atoms with E-state index in [-0.39, 0.29) is 0 Å². The fraction of sp³-hybridized carbons (Fsp3) is 0.889. The van der Waals surface area contributed by atoms with Crippen LogP contribution in [-0.4, -0.2) is 31.9 Å². The minimum absolute atomic E-state index is 1.20. The van der Waals surface area contributed by atoms with Crippen LogP contribution in [0, 0.1) is 0 Å². The molecule has 13 heteroatoms. The van der Waals surface area contributed by atoms with Gasteiger partial charge >= 0.3 is 6.16 Å². The molecule has 0 aliphatic carbocycles. The highest BCUT2D eigenvalue weighted by atomic mass is 17.6. The molecule has 132 valence electrons. The Balaban J connectivity index is 3.78. The van der Waals surface area contributed by atoms with E-state index in [1.807, 2.05) is 0 Å². The molecule has 0 N–H and O–H groups in total. The van der Waals surface area contributed by atoms with E-state index < -0.39 is 17.7 Å². The summed E-state index contributed by atoms with van der Waals surface area (Å²) in [5, 5.41) is 16.4. The molecule has 0 atom stereocenters. The van der Waals surface area contributed by atoms with E-state index in [1.165, 1.54) is 41.9 Å². The molecule has 0 aromatic carbocycles. The molecule has 0 fully saturated rings. The number of carbonyl (C=O) groups is 1. The predicted octanol–water partition coefficient (Wildman–Crippen LogP) is 1.36. The molecule has 13 nitrogen and oxygen atoms in total. The highest BCUT2D eigenvalue weighted by Crippen LogP contribution is 2.14. The standard InChI is InChI=1S/C9H18O13/c1-8(2,15-19-11-5)17-21-13-7(10)14-22-18-9(3,4)16-20-12-6/h1-6H3. The van der Waals surface area contributed by atoms with E-state index in [2.05, 4.69) is 59.3 Å². The van der Waals surface area contributed by atoms with Crippen LogP contribution in [-0.2, 0) is 59.3 Å². The van der Waals surface area contributed by atoms with Crippen LogP contribution < -0.4 is 0 Å². The summed E-state index contributed by atoms with van der Waals surface area (Å²) in [4.78, 5) is 45.3. The SMILES string of the molecule is COOOC(C)(C)OOOC(=O)OOOC(C)(C)OOOC. The number of carbonyl (C=O) groups excluding carboxylic acids is 1. The maximum Gasteiger partial charge on any atom is 0.577 e. The summed E-state index contributed by atoms with van der Waals surface area (Å²) in [6.45, 7) is 5.43. The van der Waals surface area contributed by atoms with Crippen molar-refractivity contribution in [3.05, 3.63) is 0 Å². The third kappa shape index (κ3) is 11.5. The number of rotatable bonds is 12. The van der Waals surface area contributed by atoms with Gasteiger partial charge < -0.3 is 0 Å². The van der Waals surface area contributed by atoms with Crippen molar-refractivity contribution >= 4 is 6.16 Å². The van der Waals surface area contributed by atoms with Gasteiger partial charge in [-0.05, 0) is 37.8 Å². The van der Waals surface area contributed by atoms with Crippen LogP contribution in [0.2, 0.25) is 0 Å².